The van der Waals surface area contributed by atoms with Gasteiger partial charge in [-0.25, -0.2) is 5.43 Å². The van der Waals surface area contributed by atoms with Gasteiger partial charge in [0.1, 0.15) is 4.90 Å². The van der Waals surface area contributed by atoms with E-state index in [4.69, 9.17) is 27.8 Å². The maximum atomic E-state index is 11.0. The minimum Gasteiger partial charge on any atom is -0.550 e. The van der Waals surface area contributed by atoms with Gasteiger partial charge in [-0.05, 0) is 12.1 Å². The molecule has 24 heavy (non-hydrogen) atoms. The molecule has 0 aliphatic carbocycles. The summed E-state index contributed by atoms with van der Waals surface area (Å²) in [7, 11) is -4.59. The predicted octanol–water partition coefficient (Wildman–Crippen LogP) is -7.58. The summed E-state index contributed by atoms with van der Waals surface area (Å²) in [5.41, 5.74) is 4.32. The molecule has 0 amide bonds. The molecule has 1 unspecified atom stereocenters. The van der Waals surface area contributed by atoms with E-state index in [-0.39, 0.29) is 74.8 Å². The Balaban J connectivity index is 0. The van der Waals surface area contributed by atoms with Gasteiger partial charge >= 0.3 is 59.1 Å². The van der Waals surface area contributed by atoms with E-state index in [1.54, 1.807) is 0 Å². The SMILES string of the molecule is O=C([O-])CC(NNc1cc(Cl)c(S(=O)(=O)O)cc1Cl)C(=O)[O-].[Na+].[Na+]. The number of hydrogen-bond acceptors (Lipinski definition) is 8. The van der Waals surface area contributed by atoms with E-state index in [0.717, 1.165) is 12.1 Å². The minimum absolute atomic E-state index is 0. The summed E-state index contributed by atoms with van der Waals surface area (Å²) in [4.78, 5) is 20.5. The first-order valence-electron chi connectivity index (χ1n) is 5.41. The molecule has 0 saturated carbocycles. The van der Waals surface area contributed by atoms with Crippen LogP contribution in [0.3, 0.4) is 0 Å². The number of carbonyl (C=O) groups is 2. The van der Waals surface area contributed by atoms with Gasteiger partial charge in [0, 0.05) is 12.4 Å². The molecule has 0 saturated heterocycles. The molecule has 1 aromatic rings. The Morgan fingerprint density at radius 2 is 1.71 bits per heavy atom. The quantitative estimate of drug-likeness (QED) is 0.223. The van der Waals surface area contributed by atoms with Crippen molar-refractivity contribution in [2.45, 2.75) is 17.4 Å². The van der Waals surface area contributed by atoms with Crippen LogP contribution in [0.5, 0.6) is 0 Å². The smallest absolute Gasteiger partial charge is 0.550 e. The van der Waals surface area contributed by atoms with Crippen molar-refractivity contribution in [1.82, 2.24) is 5.43 Å². The van der Waals surface area contributed by atoms with Crippen molar-refractivity contribution in [2.24, 2.45) is 0 Å². The number of carbonyl (C=O) groups excluding carboxylic acids is 2. The molecule has 1 aromatic carbocycles. The topological polar surface area (TPSA) is 159 Å². The van der Waals surface area contributed by atoms with Crippen LogP contribution in [0.1, 0.15) is 6.42 Å². The molecule has 14 heteroatoms. The van der Waals surface area contributed by atoms with Crippen LogP contribution in [0.15, 0.2) is 17.0 Å². The van der Waals surface area contributed by atoms with E-state index in [0.29, 0.717) is 0 Å². The third-order valence-corrected chi connectivity index (χ3v) is 3.97. The van der Waals surface area contributed by atoms with Crippen LogP contribution in [0, 0.1) is 0 Å². The summed E-state index contributed by atoms with van der Waals surface area (Å²) < 4.78 is 30.9. The molecule has 0 spiro atoms. The van der Waals surface area contributed by atoms with Gasteiger partial charge in [-0.2, -0.15) is 8.42 Å². The molecule has 3 N–H and O–H groups in total. The molecule has 0 aliphatic heterocycles. The fraction of sp³-hybridized carbons (Fsp3) is 0.200. The normalized spacial score (nSPS) is 11.6. The number of nitrogens with one attached hydrogen (secondary N) is 2. The molecular weight excluding hydrogens is 409 g/mol. The van der Waals surface area contributed by atoms with E-state index in [1.165, 1.54) is 0 Å². The van der Waals surface area contributed by atoms with E-state index >= 15 is 0 Å². The number of benzene rings is 1. The predicted molar refractivity (Wildman–Crippen MR) is 71.5 cm³/mol. The van der Waals surface area contributed by atoms with Crippen molar-refractivity contribution in [1.29, 1.82) is 0 Å². The third kappa shape index (κ3) is 8.19. The average Bonchev–Trinajstić information content (AvgIpc) is 2.35. The monoisotopic (exact) mass is 416 g/mol. The van der Waals surface area contributed by atoms with Crippen molar-refractivity contribution in [3.05, 3.63) is 22.2 Å². The summed E-state index contributed by atoms with van der Waals surface area (Å²) in [6.07, 6.45) is -0.885. The fourth-order valence-electron chi connectivity index (χ4n) is 1.35. The molecule has 0 bridgehead atoms. The second kappa shape index (κ2) is 11.2. The van der Waals surface area contributed by atoms with Gasteiger partial charge in [-0.15, -0.1) is 0 Å². The number of hydrazine groups is 1. The van der Waals surface area contributed by atoms with E-state index < -0.39 is 39.4 Å². The van der Waals surface area contributed by atoms with Crippen molar-refractivity contribution in [2.75, 3.05) is 5.43 Å². The summed E-state index contributed by atoms with van der Waals surface area (Å²) in [5, 5.41) is 20.5. The van der Waals surface area contributed by atoms with Crippen molar-refractivity contribution in [3.63, 3.8) is 0 Å². The van der Waals surface area contributed by atoms with Crippen molar-refractivity contribution in [3.8, 4) is 0 Å². The van der Waals surface area contributed by atoms with E-state index in [1.807, 2.05) is 0 Å². The zero-order valence-electron chi connectivity index (χ0n) is 12.5. The standard InChI is InChI=1S/C10H10Cl2N2O7S.2Na/c11-4-2-8(22(19,20)21)5(12)1-6(4)13-14-7(10(17)18)3-9(15)16;;/h1-2,7,13-14H,3H2,(H,15,16)(H,17,18)(H,19,20,21);;/q;2*+1/p-2. The van der Waals surface area contributed by atoms with Gasteiger partial charge in [0.15, 0.2) is 0 Å². The van der Waals surface area contributed by atoms with E-state index in [9.17, 15) is 28.2 Å². The maximum absolute atomic E-state index is 11.0. The molecule has 0 aromatic heterocycles. The zero-order chi connectivity index (χ0) is 17.1. The number of carboxylic acids is 2. The molecular formula is C10H8Cl2N2Na2O7S. The van der Waals surface area contributed by atoms with Gasteiger partial charge in [0.2, 0.25) is 0 Å². The first-order valence-corrected chi connectivity index (χ1v) is 7.60. The Labute approximate surface area is 191 Å². The third-order valence-electron chi connectivity index (χ3n) is 2.34. The first kappa shape index (κ1) is 26.6. The maximum Gasteiger partial charge on any atom is 1.00 e. The molecule has 0 fully saturated rings. The Bertz CT molecular complexity index is 717. The van der Waals surface area contributed by atoms with Gasteiger partial charge in [0.25, 0.3) is 10.1 Å². The molecule has 1 rings (SSSR count). The van der Waals surface area contributed by atoms with Crippen LogP contribution in [0.2, 0.25) is 10.0 Å². The number of halogens is 2. The molecule has 122 valence electrons. The number of carboxylic acid groups (broad SMARTS) is 2. The average molecular weight is 417 g/mol. The van der Waals surface area contributed by atoms with Gasteiger partial charge in [-0.3, -0.25) is 4.55 Å². The minimum atomic E-state index is -4.59. The Morgan fingerprint density at radius 3 is 2.12 bits per heavy atom. The van der Waals surface area contributed by atoms with Crippen molar-refractivity contribution >= 4 is 50.9 Å². The summed E-state index contributed by atoms with van der Waals surface area (Å²) in [6, 6.07) is 0.183. The summed E-state index contributed by atoms with van der Waals surface area (Å²) >= 11 is 11.4. The second-order valence-corrected chi connectivity index (χ2v) is 6.16. The van der Waals surface area contributed by atoms with Crippen LogP contribution >= 0.6 is 23.2 Å². The molecule has 1 atom stereocenters. The van der Waals surface area contributed by atoms with E-state index in [2.05, 4.69) is 10.9 Å². The second-order valence-electron chi connectivity index (χ2n) is 3.95. The first-order chi connectivity index (χ1) is 10.0. The Hall–Kier alpha value is 0.410. The van der Waals surface area contributed by atoms with Crippen molar-refractivity contribution < 1.29 is 91.9 Å². The Morgan fingerprint density at radius 1 is 1.17 bits per heavy atom. The summed E-state index contributed by atoms with van der Waals surface area (Å²) in [6.45, 7) is 0. The van der Waals surface area contributed by atoms with Crippen LogP contribution < -0.4 is 80.2 Å². The van der Waals surface area contributed by atoms with Crippen LogP contribution in [0.4, 0.5) is 5.69 Å². The molecule has 0 aliphatic rings. The number of rotatable bonds is 7. The zero-order valence-corrected chi connectivity index (χ0v) is 18.8. The van der Waals surface area contributed by atoms with Gasteiger partial charge in [0.05, 0.1) is 27.7 Å². The van der Waals surface area contributed by atoms with Crippen LogP contribution in [-0.4, -0.2) is 31.0 Å². The number of aliphatic carboxylic acids is 2. The Kier molecular flexibility index (Phi) is 12.4. The van der Waals surface area contributed by atoms with Crippen LogP contribution in [-0.2, 0) is 19.7 Å². The van der Waals surface area contributed by atoms with Gasteiger partial charge < -0.3 is 25.2 Å². The fourth-order valence-corrected chi connectivity index (χ4v) is 2.65. The van der Waals surface area contributed by atoms with Gasteiger partial charge in [-0.1, -0.05) is 23.2 Å². The largest absolute Gasteiger partial charge is 1.00 e. The number of anilines is 1. The molecule has 9 nitrogen and oxygen atoms in total. The summed E-state index contributed by atoms with van der Waals surface area (Å²) in [5.74, 6) is -3.34. The van der Waals surface area contributed by atoms with Crippen LogP contribution in [0.25, 0.3) is 0 Å². The number of hydrogen-bond donors (Lipinski definition) is 3. The molecule has 0 heterocycles. The molecule has 0 radical (unpaired) electrons.